The molecule has 2 rings (SSSR count). The van der Waals surface area contributed by atoms with Crippen LogP contribution >= 0.6 is 11.6 Å². The van der Waals surface area contributed by atoms with Crippen molar-refractivity contribution in [2.75, 3.05) is 7.11 Å². The molecule has 1 aliphatic carbocycles. The predicted octanol–water partition coefficient (Wildman–Crippen LogP) is 4.60. The summed E-state index contributed by atoms with van der Waals surface area (Å²) in [5.41, 5.74) is 4.99. The number of rotatable bonds is 3. The third-order valence-electron chi connectivity index (χ3n) is 4.01. The average molecular weight is 294 g/mol. The predicted molar refractivity (Wildman–Crippen MR) is 84.7 cm³/mol. The van der Waals surface area contributed by atoms with E-state index in [0.717, 1.165) is 41.8 Å². The second-order valence-corrected chi connectivity index (χ2v) is 7.17. The van der Waals surface area contributed by atoms with E-state index in [2.05, 4.69) is 31.8 Å². The molecule has 0 radical (unpaired) electrons. The zero-order valence-electron chi connectivity index (χ0n) is 13.1. The van der Waals surface area contributed by atoms with Gasteiger partial charge in [-0.15, -0.1) is 11.6 Å². The Balaban J connectivity index is 2.27. The molecule has 110 valence electrons. The summed E-state index contributed by atoms with van der Waals surface area (Å²) in [5.74, 6) is 0.952. The standard InChI is InChI=1S/C17H24ClNO/c1-11-10-19-15(12(2)16(11)20-5)7-13-6-14(18)9-17(3,4)8-13/h6,10,14H,7-9H2,1-5H3. The maximum absolute atomic E-state index is 6.36. The number of halogens is 1. The first-order valence-corrected chi connectivity index (χ1v) is 7.59. The number of ether oxygens (including phenoxy) is 1. The zero-order chi connectivity index (χ0) is 14.9. The maximum atomic E-state index is 6.36. The van der Waals surface area contributed by atoms with Gasteiger partial charge in [-0.05, 0) is 32.1 Å². The van der Waals surface area contributed by atoms with E-state index in [4.69, 9.17) is 16.3 Å². The summed E-state index contributed by atoms with van der Waals surface area (Å²) < 4.78 is 5.48. The monoisotopic (exact) mass is 293 g/mol. The van der Waals surface area contributed by atoms with Crippen LogP contribution in [0, 0.1) is 19.3 Å². The van der Waals surface area contributed by atoms with Crippen LogP contribution in [0.25, 0.3) is 0 Å². The summed E-state index contributed by atoms with van der Waals surface area (Å²) in [4.78, 5) is 4.59. The Morgan fingerprint density at radius 3 is 2.70 bits per heavy atom. The van der Waals surface area contributed by atoms with Crippen molar-refractivity contribution in [1.82, 2.24) is 4.98 Å². The minimum Gasteiger partial charge on any atom is -0.496 e. The van der Waals surface area contributed by atoms with Gasteiger partial charge in [-0.1, -0.05) is 25.5 Å². The van der Waals surface area contributed by atoms with Crippen molar-refractivity contribution >= 4 is 11.6 Å². The molecule has 0 spiro atoms. The van der Waals surface area contributed by atoms with Gasteiger partial charge >= 0.3 is 0 Å². The molecular formula is C17H24ClNO. The summed E-state index contributed by atoms with van der Waals surface area (Å²) in [5, 5.41) is 0.140. The van der Waals surface area contributed by atoms with Gasteiger partial charge in [0.05, 0.1) is 18.2 Å². The van der Waals surface area contributed by atoms with Crippen LogP contribution < -0.4 is 4.74 Å². The Hall–Kier alpha value is -1.02. The molecule has 1 aromatic heterocycles. The molecule has 0 saturated carbocycles. The second-order valence-electron chi connectivity index (χ2n) is 6.61. The fourth-order valence-corrected chi connectivity index (χ4v) is 3.77. The van der Waals surface area contributed by atoms with E-state index in [-0.39, 0.29) is 10.8 Å². The molecule has 1 atom stereocenters. The molecule has 0 saturated heterocycles. The van der Waals surface area contributed by atoms with Gasteiger partial charge in [-0.3, -0.25) is 4.98 Å². The largest absolute Gasteiger partial charge is 0.496 e. The van der Waals surface area contributed by atoms with Crippen molar-refractivity contribution in [3.05, 3.63) is 34.7 Å². The molecular weight excluding hydrogens is 270 g/mol. The lowest BCUT2D eigenvalue weighted by Gasteiger charge is -2.32. The van der Waals surface area contributed by atoms with Crippen molar-refractivity contribution in [3.8, 4) is 5.75 Å². The van der Waals surface area contributed by atoms with Gasteiger partial charge in [0.1, 0.15) is 5.75 Å². The van der Waals surface area contributed by atoms with Crippen LogP contribution in [0.3, 0.4) is 0 Å². The average Bonchev–Trinajstić information content (AvgIpc) is 2.31. The van der Waals surface area contributed by atoms with Crippen molar-refractivity contribution in [3.63, 3.8) is 0 Å². The first kappa shape index (κ1) is 15.4. The summed E-state index contributed by atoms with van der Waals surface area (Å²) in [6.07, 6.45) is 7.11. The summed E-state index contributed by atoms with van der Waals surface area (Å²) in [6, 6.07) is 0. The highest BCUT2D eigenvalue weighted by molar-refractivity contribution is 6.21. The molecule has 0 aromatic carbocycles. The molecule has 2 nitrogen and oxygen atoms in total. The van der Waals surface area contributed by atoms with Gasteiger partial charge in [0, 0.05) is 23.7 Å². The third-order valence-corrected chi connectivity index (χ3v) is 4.29. The molecule has 1 unspecified atom stereocenters. The van der Waals surface area contributed by atoms with Gasteiger partial charge in [-0.2, -0.15) is 0 Å². The van der Waals surface area contributed by atoms with E-state index in [0.29, 0.717) is 0 Å². The van der Waals surface area contributed by atoms with E-state index in [9.17, 15) is 0 Å². The van der Waals surface area contributed by atoms with Gasteiger partial charge in [-0.25, -0.2) is 0 Å². The van der Waals surface area contributed by atoms with E-state index in [1.54, 1.807) is 7.11 Å². The lowest BCUT2D eigenvalue weighted by Crippen LogP contribution is -2.23. The Kier molecular flexibility index (Phi) is 4.43. The summed E-state index contributed by atoms with van der Waals surface area (Å²) in [7, 11) is 1.72. The number of aryl methyl sites for hydroxylation is 1. The highest BCUT2D eigenvalue weighted by Gasteiger charge is 2.28. The van der Waals surface area contributed by atoms with Crippen LogP contribution in [-0.4, -0.2) is 17.5 Å². The van der Waals surface area contributed by atoms with E-state index in [1.165, 1.54) is 5.57 Å². The van der Waals surface area contributed by atoms with Gasteiger partial charge in [0.25, 0.3) is 0 Å². The van der Waals surface area contributed by atoms with Crippen molar-refractivity contribution in [1.29, 1.82) is 0 Å². The lowest BCUT2D eigenvalue weighted by molar-refractivity contribution is 0.320. The minimum atomic E-state index is 0.140. The number of pyridine rings is 1. The highest BCUT2D eigenvalue weighted by Crippen LogP contribution is 2.39. The summed E-state index contributed by atoms with van der Waals surface area (Å²) in [6.45, 7) is 8.68. The number of allylic oxidation sites excluding steroid dienone is 2. The molecule has 0 N–H and O–H groups in total. The van der Waals surface area contributed by atoms with Crippen molar-refractivity contribution in [2.24, 2.45) is 5.41 Å². The molecule has 20 heavy (non-hydrogen) atoms. The van der Waals surface area contributed by atoms with Crippen LogP contribution in [0.4, 0.5) is 0 Å². The quantitative estimate of drug-likeness (QED) is 0.600. The van der Waals surface area contributed by atoms with Crippen LogP contribution in [0.2, 0.25) is 0 Å². The molecule has 1 heterocycles. The van der Waals surface area contributed by atoms with E-state index < -0.39 is 0 Å². The zero-order valence-corrected chi connectivity index (χ0v) is 13.8. The number of methoxy groups -OCH3 is 1. The van der Waals surface area contributed by atoms with Crippen molar-refractivity contribution in [2.45, 2.75) is 52.3 Å². The molecule has 0 fully saturated rings. The molecule has 0 aliphatic heterocycles. The fraction of sp³-hybridized carbons (Fsp3) is 0.588. The highest BCUT2D eigenvalue weighted by atomic mass is 35.5. The first-order valence-electron chi connectivity index (χ1n) is 7.15. The van der Waals surface area contributed by atoms with Gasteiger partial charge in [0.15, 0.2) is 0 Å². The van der Waals surface area contributed by atoms with Crippen LogP contribution in [0.5, 0.6) is 5.75 Å². The van der Waals surface area contributed by atoms with Crippen LogP contribution in [0.1, 0.15) is 43.5 Å². The minimum absolute atomic E-state index is 0.140. The SMILES string of the molecule is COc1c(C)cnc(CC2=CC(Cl)CC(C)(C)C2)c1C. The molecule has 0 bridgehead atoms. The van der Waals surface area contributed by atoms with Crippen LogP contribution in [-0.2, 0) is 6.42 Å². The number of aromatic nitrogens is 1. The Morgan fingerprint density at radius 2 is 2.10 bits per heavy atom. The van der Waals surface area contributed by atoms with Crippen LogP contribution in [0.15, 0.2) is 17.8 Å². The number of hydrogen-bond donors (Lipinski definition) is 0. The number of nitrogens with zero attached hydrogens (tertiary/aromatic N) is 1. The normalized spacial score (nSPS) is 21.5. The smallest absolute Gasteiger partial charge is 0.128 e. The maximum Gasteiger partial charge on any atom is 0.128 e. The third kappa shape index (κ3) is 3.35. The molecule has 0 amide bonds. The second kappa shape index (κ2) is 5.77. The molecule has 1 aliphatic rings. The Bertz CT molecular complexity index is 534. The van der Waals surface area contributed by atoms with Gasteiger partial charge < -0.3 is 4.74 Å². The molecule has 3 heteroatoms. The first-order chi connectivity index (χ1) is 9.32. The molecule has 1 aromatic rings. The number of hydrogen-bond acceptors (Lipinski definition) is 2. The fourth-order valence-electron chi connectivity index (χ4n) is 3.17. The number of alkyl halides is 1. The van der Waals surface area contributed by atoms with Crippen molar-refractivity contribution < 1.29 is 4.74 Å². The van der Waals surface area contributed by atoms with E-state index in [1.807, 2.05) is 13.1 Å². The van der Waals surface area contributed by atoms with Gasteiger partial charge in [0.2, 0.25) is 0 Å². The Morgan fingerprint density at radius 1 is 1.40 bits per heavy atom. The van der Waals surface area contributed by atoms with E-state index >= 15 is 0 Å². The topological polar surface area (TPSA) is 22.1 Å². The Labute approximate surface area is 127 Å². The lowest BCUT2D eigenvalue weighted by atomic mass is 9.76. The summed E-state index contributed by atoms with van der Waals surface area (Å²) >= 11 is 6.36.